The molecular weight excluding hydrogens is 234 g/mol. The molecule has 2 heteroatoms. The highest BCUT2D eigenvalue weighted by molar-refractivity contribution is 5.87. The zero-order valence-corrected chi connectivity index (χ0v) is 12.6. The molecule has 0 bridgehead atoms. The summed E-state index contributed by atoms with van der Waals surface area (Å²) in [4.78, 5) is 13.8. The van der Waals surface area contributed by atoms with Crippen molar-refractivity contribution < 1.29 is 4.79 Å². The molecule has 0 radical (unpaired) electrons. The lowest BCUT2D eigenvalue weighted by molar-refractivity contribution is -0.126. The lowest BCUT2D eigenvalue weighted by Gasteiger charge is -2.25. The molecule has 19 heavy (non-hydrogen) atoms. The van der Waals surface area contributed by atoms with Crippen LogP contribution in [0.5, 0.6) is 0 Å². The molecule has 1 amide bonds. The van der Waals surface area contributed by atoms with E-state index in [2.05, 4.69) is 32.9 Å². The number of hydrogen-bond acceptors (Lipinski definition) is 1. The highest BCUT2D eigenvalue weighted by atomic mass is 16.2. The van der Waals surface area contributed by atoms with E-state index < -0.39 is 0 Å². The van der Waals surface area contributed by atoms with Crippen molar-refractivity contribution in [2.45, 2.75) is 52.9 Å². The quantitative estimate of drug-likeness (QED) is 0.411. The Morgan fingerprint density at radius 3 is 2.42 bits per heavy atom. The molecule has 2 nitrogen and oxygen atoms in total. The summed E-state index contributed by atoms with van der Waals surface area (Å²) < 4.78 is 0. The highest BCUT2D eigenvalue weighted by Gasteiger charge is 2.13. The van der Waals surface area contributed by atoms with Crippen LogP contribution in [0.2, 0.25) is 0 Å². The van der Waals surface area contributed by atoms with E-state index in [0.29, 0.717) is 0 Å². The topological polar surface area (TPSA) is 20.3 Å². The molecule has 0 aromatic carbocycles. The lowest BCUT2D eigenvalue weighted by atomic mass is 10.1. The zero-order chi connectivity index (χ0) is 14.1. The van der Waals surface area contributed by atoms with Gasteiger partial charge in [0, 0.05) is 19.2 Å². The molecule has 1 aliphatic heterocycles. The van der Waals surface area contributed by atoms with Crippen LogP contribution < -0.4 is 0 Å². The van der Waals surface area contributed by atoms with Crippen molar-refractivity contribution in [2.24, 2.45) is 0 Å². The van der Waals surface area contributed by atoms with Crippen molar-refractivity contribution in [3.8, 4) is 0 Å². The summed E-state index contributed by atoms with van der Waals surface area (Å²) in [6.07, 6.45) is 13.6. The van der Waals surface area contributed by atoms with Crippen LogP contribution in [0, 0.1) is 0 Å². The minimum absolute atomic E-state index is 0.160. The predicted octanol–water partition coefficient (Wildman–Crippen LogP) is 4.25. The molecule has 1 saturated heterocycles. The van der Waals surface area contributed by atoms with Crippen LogP contribution in [-0.2, 0) is 4.79 Å². The second-order valence-corrected chi connectivity index (χ2v) is 5.58. The number of carbonyl (C=O) groups excluding carboxylic acids is 1. The molecule has 0 aliphatic carbocycles. The first-order valence-electron chi connectivity index (χ1n) is 7.35. The SMILES string of the molecule is CC(C)=CCC/C(C)=C/C=C/C(=O)N1CCCCC1. The Hall–Kier alpha value is -1.31. The molecular formula is C17H27NO. The third-order valence-electron chi connectivity index (χ3n) is 3.38. The van der Waals surface area contributed by atoms with Crippen molar-refractivity contribution in [3.05, 3.63) is 35.5 Å². The number of nitrogens with zero attached hydrogens (tertiary/aromatic N) is 1. The van der Waals surface area contributed by atoms with Crippen molar-refractivity contribution in [1.29, 1.82) is 0 Å². The minimum Gasteiger partial charge on any atom is -0.339 e. The van der Waals surface area contributed by atoms with Gasteiger partial charge in [-0.2, -0.15) is 0 Å². The normalized spacial score (nSPS) is 16.8. The average molecular weight is 261 g/mol. The summed E-state index contributed by atoms with van der Waals surface area (Å²) in [6, 6.07) is 0. The van der Waals surface area contributed by atoms with E-state index in [4.69, 9.17) is 0 Å². The van der Waals surface area contributed by atoms with Gasteiger partial charge in [0.2, 0.25) is 5.91 Å². The zero-order valence-electron chi connectivity index (χ0n) is 12.6. The van der Waals surface area contributed by atoms with Gasteiger partial charge in [0.25, 0.3) is 0 Å². The molecule has 1 heterocycles. The van der Waals surface area contributed by atoms with Gasteiger partial charge in [-0.25, -0.2) is 0 Å². The van der Waals surface area contributed by atoms with Crippen LogP contribution in [0.15, 0.2) is 35.5 Å². The van der Waals surface area contributed by atoms with E-state index in [1.807, 2.05) is 11.0 Å². The van der Waals surface area contributed by atoms with Gasteiger partial charge >= 0.3 is 0 Å². The van der Waals surface area contributed by atoms with Gasteiger partial charge in [0.1, 0.15) is 0 Å². The van der Waals surface area contributed by atoms with E-state index in [9.17, 15) is 4.79 Å². The number of hydrogen-bond donors (Lipinski definition) is 0. The molecule has 0 aromatic rings. The highest BCUT2D eigenvalue weighted by Crippen LogP contribution is 2.10. The third-order valence-corrected chi connectivity index (χ3v) is 3.38. The van der Waals surface area contributed by atoms with Crippen LogP contribution in [0.3, 0.4) is 0 Å². The van der Waals surface area contributed by atoms with Crippen LogP contribution in [0.1, 0.15) is 52.9 Å². The van der Waals surface area contributed by atoms with Gasteiger partial charge in [-0.1, -0.05) is 29.4 Å². The smallest absolute Gasteiger partial charge is 0.246 e. The van der Waals surface area contributed by atoms with E-state index in [-0.39, 0.29) is 5.91 Å². The summed E-state index contributed by atoms with van der Waals surface area (Å²) in [6.45, 7) is 8.21. The minimum atomic E-state index is 0.160. The van der Waals surface area contributed by atoms with Crippen LogP contribution in [-0.4, -0.2) is 23.9 Å². The molecule has 0 N–H and O–H groups in total. The van der Waals surface area contributed by atoms with Gasteiger partial charge in [0.05, 0.1) is 0 Å². The monoisotopic (exact) mass is 261 g/mol. The Labute approximate surface area is 117 Å². The van der Waals surface area contributed by atoms with Crippen LogP contribution >= 0.6 is 0 Å². The number of carbonyl (C=O) groups is 1. The second-order valence-electron chi connectivity index (χ2n) is 5.58. The number of rotatable bonds is 5. The number of allylic oxidation sites excluding steroid dienone is 5. The Bertz CT molecular complexity index is 367. The van der Waals surface area contributed by atoms with E-state index in [1.165, 1.54) is 17.6 Å². The number of likely N-dealkylation sites (tertiary alicyclic amines) is 1. The molecule has 0 saturated carbocycles. The van der Waals surface area contributed by atoms with Crippen molar-refractivity contribution in [3.63, 3.8) is 0 Å². The first-order chi connectivity index (χ1) is 9.09. The molecule has 0 unspecified atom stereocenters. The molecule has 106 valence electrons. The number of piperidine rings is 1. The fraction of sp³-hybridized carbons (Fsp3) is 0.588. The Morgan fingerprint density at radius 2 is 1.79 bits per heavy atom. The number of amides is 1. The second kappa shape index (κ2) is 8.73. The largest absolute Gasteiger partial charge is 0.339 e. The Balaban J connectivity index is 2.34. The van der Waals surface area contributed by atoms with E-state index in [0.717, 1.165) is 38.8 Å². The maximum absolute atomic E-state index is 11.9. The molecule has 0 aromatic heterocycles. The van der Waals surface area contributed by atoms with E-state index >= 15 is 0 Å². The van der Waals surface area contributed by atoms with Crippen molar-refractivity contribution >= 4 is 5.91 Å². The van der Waals surface area contributed by atoms with Crippen molar-refractivity contribution in [2.75, 3.05) is 13.1 Å². The van der Waals surface area contributed by atoms with Crippen LogP contribution in [0.4, 0.5) is 0 Å². The molecule has 1 rings (SSSR count). The summed E-state index contributed by atoms with van der Waals surface area (Å²) in [7, 11) is 0. The van der Waals surface area contributed by atoms with Gasteiger partial charge in [-0.3, -0.25) is 4.79 Å². The fourth-order valence-electron chi connectivity index (χ4n) is 2.19. The van der Waals surface area contributed by atoms with Gasteiger partial charge in [0.15, 0.2) is 0 Å². The Morgan fingerprint density at radius 1 is 1.11 bits per heavy atom. The van der Waals surface area contributed by atoms with Crippen molar-refractivity contribution in [1.82, 2.24) is 4.90 Å². The first-order valence-corrected chi connectivity index (χ1v) is 7.35. The third kappa shape index (κ3) is 7.00. The van der Waals surface area contributed by atoms with E-state index in [1.54, 1.807) is 6.08 Å². The Kier molecular flexibility index (Phi) is 7.24. The maximum Gasteiger partial charge on any atom is 0.246 e. The fourth-order valence-corrected chi connectivity index (χ4v) is 2.19. The summed E-state index contributed by atoms with van der Waals surface area (Å²) >= 11 is 0. The van der Waals surface area contributed by atoms with Gasteiger partial charge in [-0.15, -0.1) is 0 Å². The van der Waals surface area contributed by atoms with Gasteiger partial charge in [-0.05, 0) is 52.9 Å². The first kappa shape index (κ1) is 15.7. The summed E-state index contributed by atoms with van der Waals surface area (Å²) in [5.74, 6) is 0.160. The van der Waals surface area contributed by atoms with Crippen LogP contribution in [0.25, 0.3) is 0 Å². The maximum atomic E-state index is 11.9. The van der Waals surface area contributed by atoms with Gasteiger partial charge < -0.3 is 4.90 Å². The molecule has 0 spiro atoms. The summed E-state index contributed by atoms with van der Waals surface area (Å²) in [5.41, 5.74) is 2.68. The average Bonchev–Trinajstić information content (AvgIpc) is 2.39. The molecule has 0 atom stereocenters. The summed E-state index contributed by atoms with van der Waals surface area (Å²) in [5, 5.41) is 0. The predicted molar refractivity (Wildman–Crippen MR) is 82.0 cm³/mol. The molecule has 1 fully saturated rings. The standard InChI is InChI=1S/C17H27NO/c1-15(2)9-7-10-16(3)11-8-12-17(19)18-13-5-4-6-14-18/h8-9,11-12H,4-7,10,13-14H2,1-3H3/b12-8+,16-11+. The molecule has 1 aliphatic rings. The lowest BCUT2D eigenvalue weighted by Crippen LogP contribution is -2.34.